The summed E-state index contributed by atoms with van der Waals surface area (Å²) >= 11 is 1.31. The number of nitrogens with one attached hydrogen (secondary N) is 2. The van der Waals surface area contributed by atoms with E-state index in [1.54, 1.807) is 12.1 Å². The standard InChI is InChI=1S/C27H33N5O2S/c1-7-11-32-25(24(17(2)3)29-26(34)21-10-8-9-18(4)13-21)30-31-27(32)35-16-23(33)28-22-14-19(5)12-20(6)15-22/h7-10,12-15,17,24H,1,11,16H2,2-6H3,(H,28,33)(H,29,34)/t24-/m1/s1. The lowest BCUT2D eigenvalue weighted by Crippen LogP contribution is -2.34. The molecule has 35 heavy (non-hydrogen) atoms. The maximum absolute atomic E-state index is 13.0. The Morgan fingerprint density at radius 3 is 2.40 bits per heavy atom. The van der Waals surface area contributed by atoms with E-state index in [9.17, 15) is 9.59 Å². The van der Waals surface area contributed by atoms with Crippen molar-refractivity contribution in [2.45, 2.75) is 52.4 Å². The molecule has 0 unspecified atom stereocenters. The molecule has 184 valence electrons. The first kappa shape index (κ1) is 26.2. The van der Waals surface area contributed by atoms with Crippen molar-refractivity contribution < 1.29 is 9.59 Å². The molecule has 0 radical (unpaired) electrons. The fourth-order valence-electron chi connectivity index (χ4n) is 3.85. The van der Waals surface area contributed by atoms with Crippen molar-refractivity contribution in [2.24, 2.45) is 5.92 Å². The third kappa shape index (κ3) is 7.05. The van der Waals surface area contributed by atoms with E-state index in [1.807, 2.05) is 69.5 Å². The van der Waals surface area contributed by atoms with Crippen LogP contribution < -0.4 is 10.6 Å². The number of amides is 2. The smallest absolute Gasteiger partial charge is 0.251 e. The summed E-state index contributed by atoms with van der Waals surface area (Å²) < 4.78 is 1.91. The van der Waals surface area contributed by atoms with Gasteiger partial charge in [-0.05, 0) is 62.1 Å². The number of aromatic nitrogens is 3. The van der Waals surface area contributed by atoms with Crippen molar-refractivity contribution in [3.8, 4) is 0 Å². The predicted molar refractivity (Wildman–Crippen MR) is 142 cm³/mol. The minimum atomic E-state index is -0.353. The molecular formula is C27H33N5O2S. The Balaban J connectivity index is 1.75. The zero-order valence-corrected chi connectivity index (χ0v) is 21.8. The van der Waals surface area contributed by atoms with Crippen LogP contribution in [-0.2, 0) is 11.3 Å². The van der Waals surface area contributed by atoms with Gasteiger partial charge in [0.15, 0.2) is 11.0 Å². The van der Waals surface area contributed by atoms with Crippen molar-refractivity contribution in [3.63, 3.8) is 0 Å². The highest BCUT2D eigenvalue weighted by atomic mass is 32.2. The van der Waals surface area contributed by atoms with Crippen LogP contribution >= 0.6 is 11.8 Å². The Morgan fingerprint density at radius 1 is 1.06 bits per heavy atom. The van der Waals surface area contributed by atoms with Crippen LogP contribution in [0.2, 0.25) is 0 Å². The number of rotatable bonds is 10. The van der Waals surface area contributed by atoms with Gasteiger partial charge in [0, 0.05) is 17.8 Å². The van der Waals surface area contributed by atoms with E-state index >= 15 is 0 Å². The predicted octanol–water partition coefficient (Wildman–Crippen LogP) is 5.25. The highest BCUT2D eigenvalue weighted by molar-refractivity contribution is 7.99. The molecule has 3 aromatic rings. The Bertz CT molecular complexity index is 1200. The van der Waals surface area contributed by atoms with Gasteiger partial charge in [-0.2, -0.15) is 0 Å². The molecule has 0 saturated heterocycles. The second kappa shape index (κ2) is 11.8. The minimum absolute atomic E-state index is 0.0715. The van der Waals surface area contributed by atoms with E-state index < -0.39 is 0 Å². The molecule has 2 amide bonds. The van der Waals surface area contributed by atoms with Crippen LogP contribution in [0.15, 0.2) is 60.3 Å². The summed E-state index contributed by atoms with van der Waals surface area (Å²) in [6, 6.07) is 13.1. The Labute approximate surface area is 211 Å². The average Bonchev–Trinajstić information content (AvgIpc) is 3.17. The largest absolute Gasteiger partial charge is 0.342 e. The monoisotopic (exact) mass is 491 g/mol. The van der Waals surface area contributed by atoms with E-state index in [1.165, 1.54) is 11.8 Å². The fourth-order valence-corrected chi connectivity index (χ4v) is 4.61. The molecule has 0 saturated carbocycles. The molecule has 2 aromatic carbocycles. The lowest BCUT2D eigenvalue weighted by atomic mass is 10.0. The topological polar surface area (TPSA) is 88.9 Å². The molecule has 0 aliphatic rings. The maximum Gasteiger partial charge on any atom is 0.251 e. The Kier molecular flexibility index (Phi) is 8.87. The van der Waals surface area contributed by atoms with Gasteiger partial charge in [-0.3, -0.25) is 9.59 Å². The van der Waals surface area contributed by atoms with Crippen LogP contribution in [0.5, 0.6) is 0 Å². The Morgan fingerprint density at radius 2 is 1.77 bits per heavy atom. The van der Waals surface area contributed by atoms with Gasteiger partial charge in [-0.1, -0.05) is 55.4 Å². The number of anilines is 1. The first-order valence-corrected chi connectivity index (χ1v) is 12.6. The van der Waals surface area contributed by atoms with Crippen LogP contribution in [0.4, 0.5) is 5.69 Å². The van der Waals surface area contributed by atoms with Gasteiger partial charge in [-0.25, -0.2) is 0 Å². The van der Waals surface area contributed by atoms with E-state index in [-0.39, 0.29) is 29.5 Å². The third-order valence-corrected chi connectivity index (χ3v) is 6.37. The summed E-state index contributed by atoms with van der Waals surface area (Å²) in [5, 5.41) is 15.4. The molecule has 3 rings (SSSR count). The zero-order chi connectivity index (χ0) is 25.5. The molecule has 7 nitrogen and oxygen atoms in total. The molecule has 1 atom stereocenters. The van der Waals surface area contributed by atoms with Gasteiger partial charge < -0.3 is 15.2 Å². The molecule has 0 aliphatic carbocycles. The lowest BCUT2D eigenvalue weighted by Gasteiger charge is -2.22. The highest BCUT2D eigenvalue weighted by Crippen LogP contribution is 2.26. The molecule has 2 N–H and O–H groups in total. The summed E-state index contributed by atoms with van der Waals surface area (Å²) in [4.78, 5) is 25.5. The van der Waals surface area contributed by atoms with Crippen LogP contribution in [0.3, 0.4) is 0 Å². The van der Waals surface area contributed by atoms with Gasteiger partial charge in [0.2, 0.25) is 5.91 Å². The van der Waals surface area contributed by atoms with Gasteiger partial charge in [0.25, 0.3) is 5.91 Å². The molecule has 0 bridgehead atoms. The van der Waals surface area contributed by atoms with E-state index in [4.69, 9.17) is 0 Å². The second-order valence-electron chi connectivity index (χ2n) is 9.02. The summed E-state index contributed by atoms with van der Waals surface area (Å²) in [5.74, 6) is 0.607. The fraction of sp³-hybridized carbons (Fsp3) is 0.333. The SMILES string of the molecule is C=CCn1c(SCC(=O)Nc2cc(C)cc(C)c2)nnc1[C@H](NC(=O)c1cccc(C)c1)C(C)C. The summed E-state index contributed by atoms with van der Waals surface area (Å²) in [6.45, 7) is 14.3. The van der Waals surface area contributed by atoms with Crippen molar-refractivity contribution in [3.05, 3.63) is 83.2 Å². The van der Waals surface area contributed by atoms with Crippen LogP contribution in [0, 0.1) is 26.7 Å². The maximum atomic E-state index is 13.0. The van der Waals surface area contributed by atoms with Crippen molar-refractivity contribution in [2.75, 3.05) is 11.1 Å². The Hall–Kier alpha value is -3.39. The second-order valence-corrected chi connectivity index (χ2v) is 9.96. The first-order valence-electron chi connectivity index (χ1n) is 11.6. The number of aryl methyl sites for hydroxylation is 3. The number of benzene rings is 2. The van der Waals surface area contributed by atoms with E-state index in [2.05, 4.69) is 33.5 Å². The summed E-state index contributed by atoms with van der Waals surface area (Å²) in [6.07, 6.45) is 1.76. The number of hydrogen-bond donors (Lipinski definition) is 2. The number of allylic oxidation sites excluding steroid dienone is 1. The number of hydrogen-bond acceptors (Lipinski definition) is 5. The molecule has 8 heteroatoms. The van der Waals surface area contributed by atoms with Crippen LogP contribution in [0.25, 0.3) is 0 Å². The highest BCUT2D eigenvalue weighted by Gasteiger charge is 2.26. The van der Waals surface area contributed by atoms with Crippen molar-refractivity contribution in [1.82, 2.24) is 20.1 Å². The molecule has 0 aliphatic heterocycles. The van der Waals surface area contributed by atoms with Crippen LogP contribution in [-0.4, -0.2) is 32.3 Å². The molecular weight excluding hydrogens is 458 g/mol. The van der Waals surface area contributed by atoms with Crippen molar-refractivity contribution in [1.29, 1.82) is 0 Å². The van der Waals surface area contributed by atoms with Gasteiger partial charge >= 0.3 is 0 Å². The number of thioether (sulfide) groups is 1. The number of nitrogens with zero attached hydrogens (tertiary/aromatic N) is 3. The van der Waals surface area contributed by atoms with E-state index in [0.717, 1.165) is 22.4 Å². The van der Waals surface area contributed by atoms with Gasteiger partial charge in [-0.15, -0.1) is 16.8 Å². The molecule has 1 heterocycles. The summed E-state index contributed by atoms with van der Waals surface area (Å²) in [7, 11) is 0. The van der Waals surface area contributed by atoms with Gasteiger partial charge in [0.1, 0.15) is 0 Å². The van der Waals surface area contributed by atoms with E-state index in [0.29, 0.717) is 23.1 Å². The average molecular weight is 492 g/mol. The van der Waals surface area contributed by atoms with Gasteiger partial charge in [0.05, 0.1) is 11.8 Å². The minimum Gasteiger partial charge on any atom is -0.342 e. The molecule has 1 aromatic heterocycles. The third-order valence-electron chi connectivity index (χ3n) is 5.41. The first-order chi connectivity index (χ1) is 16.7. The molecule has 0 spiro atoms. The normalized spacial score (nSPS) is 11.8. The van der Waals surface area contributed by atoms with Crippen molar-refractivity contribution >= 4 is 29.3 Å². The lowest BCUT2D eigenvalue weighted by molar-refractivity contribution is -0.113. The molecule has 0 fully saturated rings. The van der Waals surface area contributed by atoms with Crippen LogP contribution in [0.1, 0.15) is 52.8 Å². The quantitative estimate of drug-likeness (QED) is 0.299. The number of carbonyl (C=O) groups is 2. The summed E-state index contributed by atoms with van der Waals surface area (Å²) in [5.41, 5.74) is 4.58. The number of carbonyl (C=O) groups excluding carboxylic acids is 2. The zero-order valence-electron chi connectivity index (χ0n) is 21.0.